The zero-order valence-corrected chi connectivity index (χ0v) is 16.8. The first-order valence-corrected chi connectivity index (χ1v) is 10.7. The van der Waals surface area contributed by atoms with E-state index in [0.29, 0.717) is 5.56 Å². The smallest absolute Gasteiger partial charge is 0.251 e. The number of hydrogen-bond donors (Lipinski definition) is 1. The number of sulfone groups is 1. The second-order valence-corrected chi connectivity index (χ2v) is 9.38. The molecule has 0 saturated heterocycles. The van der Waals surface area contributed by atoms with Gasteiger partial charge in [-0.2, -0.15) is 15.0 Å². The summed E-state index contributed by atoms with van der Waals surface area (Å²) in [5, 5.41) is 8.12. The number of rotatable bonds is 7. The summed E-state index contributed by atoms with van der Waals surface area (Å²) in [5.41, 5.74) is 7.33. The molecule has 0 saturated carbocycles. The lowest BCUT2D eigenvalue weighted by Gasteiger charge is -2.24. The topological polar surface area (TPSA) is 130 Å². The van der Waals surface area contributed by atoms with Crippen LogP contribution in [0.4, 0.5) is 0 Å². The van der Waals surface area contributed by atoms with E-state index in [4.69, 9.17) is 5.73 Å². The number of primary amides is 1. The van der Waals surface area contributed by atoms with Gasteiger partial charge in [0.05, 0.1) is 18.1 Å². The van der Waals surface area contributed by atoms with Crippen molar-refractivity contribution in [2.75, 3.05) is 6.26 Å². The van der Waals surface area contributed by atoms with Gasteiger partial charge in [-0.1, -0.05) is 12.1 Å². The van der Waals surface area contributed by atoms with Crippen LogP contribution in [-0.2, 0) is 21.2 Å². The third kappa shape index (κ3) is 4.11. The number of hydrogen-bond acceptors (Lipinski definition) is 6. The predicted molar refractivity (Wildman–Crippen MR) is 108 cm³/mol. The Morgan fingerprint density at radius 1 is 1.10 bits per heavy atom. The molecule has 0 fully saturated rings. The molecule has 1 atom stereocenters. The minimum atomic E-state index is -3.72. The number of aromatic nitrogens is 4. The van der Waals surface area contributed by atoms with Gasteiger partial charge in [-0.3, -0.25) is 9.59 Å². The highest BCUT2D eigenvalue weighted by molar-refractivity contribution is 7.92. The molecule has 2 heterocycles. The van der Waals surface area contributed by atoms with Gasteiger partial charge >= 0.3 is 0 Å². The molecular formula is C19H21N5O4S. The van der Waals surface area contributed by atoms with Crippen molar-refractivity contribution in [3.63, 3.8) is 0 Å². The van der Waals surface area contributed by atoms with E-state index in [9.17, 15) is 18.0 Å². The lowest BCUT2D eigenvalue weighted by molar-refractivity contribution is -0.120. The normalized spacial score (nSPS) is 13.7. The number of aryl methyl sites for hydroxylation is 1. The molecule has 0 spiro atoms. The number of carbonyl (C=O) groups is 1. The fourth-order valence-electron chi connectivity index (χ4n) is 2.83. The Morgan fingerprint density at radius 3 is 2.24 bits per heavy atom. The van der Waals surface area contributed by atoms with Crippen LogP contribution in [0.25, 0.3) is 16.8 Å². The lowest BCUT2D eigenvalue weighted by atomic mass is 10.1. The molecule has 1 amide bonds. The van der Waals surface area contributed by atoms with E-state index in [1.807, 2.05) is 24.3 Å². The van der Waals surface area contributed by atoms with Crippen molar-refractivity contribution in [3.8, 4) is 16.8 Å². The summed E-state index contributed by atoms with van der Waals surface area (Å²) in [5.74, 6) is -0.934. The van der Waals surface area contributed by atoms with Crippen molar-refractivity contribution in [2.45, 2.75) is 24.6 Å². The minimum absolute atomic E-state index is 0.0511. The summed E-state index contributed by atoms with van der Waals surface area (Å²) in [4.78, 5) is 25.6. The summed E-state index contributed by atoms with van der Waals surface area (Å²) in [6.07, 6.45) is 5.61. The number of nitrogens with zero attached hydrogens (tertiary/aromatic N) is 4. The highest BCUT2D eigenvalue weighted by Crippen LogP contribution is 2.22. The number of nitrogens with two attached hydrogens (primary N) is 1. The molecule has 2 N–H and O–H groups in total. The first kappa shape index (κ1) is 20.5. The van der Waals surface area contributed by atoms with Crippen LogP contribution in [0.3, 0.4) is 0 Å². The highest BCUT2D eigenvalue weighted by Gasteiger charge is 2.41. The number of carbonyl (C=O) groups excluding carboxylic acids is 1. The molecule has 10 heteroatoms. The van der Waals surface area contributed by atoms with Crippen LogP contribution in [-0.4, -0.2) is 44.9 Å². The molecule has 1 aromatic carbocycles. The highest BCUT2D eigenvalue weighted by atomic mass is 32.2. The maximum atomic E-state index is 12.5. The van der Waals surface area contributed by atoms with Crippen LogP contribution in [0.15, 0.2) is 59.8 Å². The van der Waals surface area contributed by atoms with E-state index in [-0.39, 0.29) is 18.5 Å². The number of amides is 1. The van der Waals surface area contributed by atoms with Gasteiger partial charge in [0.25, 0.3) is 5.56 Å². The zero-order chi connectivity index (χ0) is 21.2. The SMILES string of the molecule is C[C@@](CCn1ccc(-c2ccc(-n3nccn3)cc2)cc1=O)(C(N)=O)S(C)(=O)=O. The summed E-state index contributed by atoms with van der Waals surface area (Å²) in [6, 6.07) is 10.6. The molecule has 0 aliphatic heterocycles. The van der Waals surface area contributed by atoms with Crippen LogP contribution >= 0.6 is 0 Å². The molecule has 29 heavy (non-hydrogen) atoms. The van der Waals surface area contributed by atoms with Gasteiger partial charge in [0, 0.05) is 25.1 Å². The molecule has 2 aromatic heterocycles. The minimum Gasteiger partial charge on any atom is -0.368 e. The van der Waals surface area contributed by atoms with E-state index >= 15 is 0 Å². The van der Waals surface area contributed by atoms with E-state index in [2.05, 4.69) is 10.2 Å². The standard InChI is InChI=1S/C19H21N5O4S/c1-19(18(20)26,29(2,27)28)8-12-23-11-7-15(13-17(23)25)14-3-5-16(6-4-14)24-21-9-10-22-24/h3-7,9-11,13H,8,12H2,1-2H3,(H2,20,26)/t19-/m1/s1. The van der Waals surface area contributed by atoms with E-state index < -0.39 is 20.5 Å². The Kier molecular flexibility index (Phi) is 5.38. The molecule has 3 rings (SSSR count). The van der Waals surface area contributed by atoms with Crippen LogP contribution in [0.1, 0.15) is 13.3 Å². The van der Waals surface area contributed by atoms with Crippen molar-refractivity contribution in [2.24, 2.45) is 5.73 Å². The van der Waals surface area contributed by atoms with Crippen molar-refractivity contribution in [1.82, 2.24) is 19.6 Å². The molecule has 152 valence electrons. The molecule has 0 unspecified atom stereocenters. The van der Waals surface area contributed by atoms with Gasteiger partial charge in [0.2, 0.25) is 5.91 Å². The zero-order valence-electron chi connectivity index (χ0n) is 16.0. The number of benzene rings is 1. The quantitative estimate of drug-likeness (QED) is 0.607. The van der Waals surface area contributed by atoms with Crippen LogP contribution in [0.5, 0.6) is 0 Å². The predicted octanol–water partition coefficient (Wildman–Crippen LogP) is 0.775. The Balaban J connectivity index is 1.80. The van der Waals surface area contributed by atoms with E-state index in [1.165, 1.54) is 22.4 Å². The van der Waals surface area contributed by atoms with Crippen LogP contribution in [0.2, 0.25) is 0 Å². The Labute approximate surface area is 167 Å². The second-order valence-electron chi connectivity index (χ2n) is 6.93. The van der Waals surface area contributed by atoms with Crippen molar-refractivity contribution in [1.29, 1.82) is 0 Å². The van der Waals surface area contributed by atoms with Gasteiger partial charge in [-0.15, -0.1) is 0 Å². The Hall–Kier alpha value is -3.27. The van der Waals surface area contributed by atoms with Gasteiger partial charge < -0.3 is 10.3 Å². The van der Waals surface area contributed by atoms with Crippen LogP contribution in [0, 0.1) is 0 Å². The summed E-state index contributed by atoms with van der Waals surface area (Å²) < 4.78 is 23.5. The fraction of sp³-hybridized carbons (Fsp3) is 0.263. The monoisotopic (exact) mass is 415 g/mol. The lowest BCUT2D eigenvalue weighted by Crippen LogP contribution is -2.48. The average Bonchev–Trinajstić information content (AvgIpc) is 3.20. The van der Waals surface area contributed by atoms with E-state index in [0.717, 1.165) is 17.5 Å². The fourth-order valence-corrected chi connectivity index (χ4v) is 3.66. The maximum absolute atomic E-state index is 12.5. The first-order chi connectivity index (χ1) is 13.6. The Bertz CT molecular complexity index is 1180. The summed E-state index contributed by atoms with van der Waals surface area (Å²) in [7, 11) is -3.72. The summed E-state index contributed by atoms with van der Waals surface area (Å²) >= 11 is 0. The molecule has 9 nitrogen and oxygen atoms in total. The van der Waals surface area contributed by atoms with Crippen LogP contribution < -0.4 is 11.3 Å². The average molecular weight is 415 g/mol. The van der Waals surface area contributed by atoms with Gasteiger partial charge in [-0.25, -0.2) is 8.42 Å². The van der Waals surface area contributed by atoms with Gasteiger partial charge in [-0.05, 0) is 42.7 Å². The van der Waals surface area contributed by atoms with E-state index in [1.54, 1.807) is 24.7 Å². The second kappa shape index (κ2) is 7.63. The molecular weight excluding hydrogens is 394 g/mol. The third-order valence-electron chi connectivity index (χ3n) is 5.02. The van der Waals surface area contributed by atoms with Crippen molar-refractivity contribution in [3.05, 3.63) is 65.3 Å². The van der Waals surface area contributed by atoms with Crippen molar-refractivity contribution >= 4 is 15.7 Å². The third-order valence-corrected chi connectivity index (χ3v) is 7.06. The van der Waals surface area contributed by atoms with Gasteiger partial charge in [0.15, 0.2) is 9.84 Å². The molecule has 3 aromatic rings. The largest absolute Gasteiger partial charge is 0.368 e. The number of pyridine rings is 1. The summed E-state index contributed by atoms with van der Waals surface area (Å²) in [6.45, 7) is 1.33. The van der Waals surface area contributed by atoms with Gasteiger partial charge in [0.1, 0.15) is 4.75 Å². The maximum Gasteiger partial charge on any atom is 0.251 e. The molecule has 0 aliphatic carbocycles. The molecule has 0 radical (unpaired) electrons. The van der Waals surface area contributed by atoms with Crippen molar-refractivity contribution < 1.29 is 13.2 Å². The molecule has 0 bridgehead atoms. The molecule has 0 aliphatic rings. The first-order valence-electron chi connectivity index (χ1n) is 8.79. The Morgan fingerprint density at radius 2 is 1.72 bits per heavy atom.